The van der Waals surface area contributed by atoms with Crippen molar-refractivity contribution >= 4 is 56.2 Å². The molecule has 3 aromatic rings. The number of benzene rings is 2. The van der Waals surface area contributed by atoms with E-state index in [-0.39, 0.29) is 30.6 Å². The van der Waals surface area contributed by atoms with Crippen molar-refractivity contribution in [2.24, 2.45) is 13.0 Å². The van der Waals surface area contributed by atoms with E-state index in [1.807, 2.05) is 19.1 Å². The summed E-state index contributed by atoms with van der Waals surface area (Å²) in [6.07, 6.45) is 0. The predicted molar refractivity (Wildman–Crippen MR) is 155 cm³/mol. The number of sulfone groups is 1. The van der Waals surface area contributed by atoms with Crippen molar-refractivity contribution in [3.05, 3.63) is 64.3 Å². The van der Waals surface area contributed by atoms with E-state index in [2.05, 4.69) is 5.32 Å². The fourth-order valence-corrected chi connectivity index (χ4v) is 5.59. The predicted octanol–water partition coefficient (Wildman–Crippen LogP) is 3.69. The SMILES string of the molecule is CC(=O)OCC(COC(C)=O)COC(=O)CS(=O)(=O)c1ccc([C@@H](C)NC(=O)c2cc3c(Cl)cc(C)cc3n2C)cc1. The Morgan fingerprint density at radius 3 is 2.07 bits per heavy atom. The fraction of sp³-hybridized carbons (Fsp3) is 0.379. The van der Waals surface area contributed by atoms with Gasteiger partial charge in [0.15, 0.2) is 15.6 Å². The molecule has 226 valence electrons. The molecule has 0 saturated carbocycles. The molecule has 42 heavy (non-hydrogen) atoms. The van der Waals surface area contributed by atoms with Crippen LogP contribution in [0.2, 0.25) is 5.02 Å². The van der Waals surface area contributed by atoms with E-state index >= 15 is 0 Å². The van der Waals surface area contributed by atoms with Crippen molar-refractivity contribution in [1.29, 1.82) is 0 Å². The third-order valence-electron chi connectivity index (χ3n) is 6.41. The van der Waals surface area contributed by atoms with E-state index in [1.54, 1.807) is 36.7 Å². The third kappa shape index (κ3) is 8.56. The van der Waals surface area contributed by atoms with Crippen LogP contribution in [0.4, 0.5) is 0 Å². The van der Waals surface area contributed by atoms with Crippen LogP contribution >= 0.6 is 11.6 Å². The highest BCUT2D eigenvalue weighted by molar-refractivity contribution is 7.92. The van der Waals surface area contributed by atoms with Gasteiger partial charge < -0.3 is 24.1 Å². The topological polar surface area (TPSA) is 147 Å². The van der Waals surface area contributed by atoms with Crippen LogP contribution in [0.15, 0.2) is 47.4 Å². The Kier molecular flexibility index (Phi) is 10.7. The van der Waals surface area contributed by atoms with E-state index in [9.17, 15) is 27.6 Å². The van der Waals surface area contributed by atoms with E-state index in [1.165, 1.54) is 26.0 Å². The van der Waals surface area contributed by atoms with Crippen molar-refractivity contribution in [1.82, 2.24) is 9.88 Å². The van der Waals surface area contributed by atoms with Gasteiger partial charge in [0.05, 0.1) is 27.4 Å². The maximum atomic E-state index is 13.0. The monoisotopic (exact) mass is 620 g/mol. The molecule has 0 saturated heterocycles. The van der Waals surface area contributed by atoms with Crippen molar-refractivity contribution in [2.75, 3.05) is 25.6 Å². The minimum absolute atomic E-state index is 0.100. The van der Waals surface area contributed by atoms with Gasteiger partial charge in [-0.15, -0.1) is 0 Å². The molecule has 3 rings (SSSR count). The number of halogens is 1. The summed E-state index contributed by atoms with van der Waals surface area (Å²) in [6.45, 7) is 5.42. The van der Waals surface area contributed by atoms with Crippen LogP contribution < -0.4 is 5.32 Å². The van der Waals surface area contributed by atoms with Crippen molar-refractivity contribution in [2.45, 2.75) is 38.6 Å². The number of nitrogens with one attached hydrogen (secondary N) is 1. The summed E-state index contributed by atoms with van der Waals surface area (Å²) in [6, 6.07) is 10.9. The Labute approximate surface area is 249 Å². The number of nitrogens with zero attached hydrogens (tertiary/aromatic N) is 1. The molecule has 1 amide bonds. The van der Waals surface area contributed by atoms with Gasteiger partial charge in [-0.1, -0.05) is 23.7 Å². The zero-order valence-corrected chi connectivity index (χ0v) is 25.5. The molecule has 1 heterocycles. The van der Waals surface area contributed by atoms with Gasteiger partial charge in [0.2, 0.25) is 0 Å². The molecule has 0 aliphatic heterocycles. The number of amides is 1. The molecular formula is C29H33ClN2O9S. The lowest BCUT2D eigenvalue weighted by Gasteiger charge is -2.17. The number of aromatic nitrogens is 1. The van der Waals surface area contributed by atoms with Gasteiger partial charge in [-0.2, -0.15) is 0 Å². The smallest absolute Gasteiger partial charge is 0.321 e. The number of hydrogen-bond donors (Lipinski definition) is 1. The maximum Gasteiger partial charge on any atom is 0.321 e. The molecule has 0 bridgehead atoms. The Balaban J connectivity index is 1.61. The summed E-state index contributed by atoms with van der Waals surface area (Å²) in [5.74, 6) is -4.05. The van der Waals surface area contributed by atoms with Gasteiger partial charge in [-0.05, 0) is 55.3 Å². The summed E-state index contributed by atoms with van der Waals surface area (Å²) >= 11 is 6.36. The first-order valence-corrected chi connectivity index (χ1v) is 15.0. The standard InChI is InChI=1S/C29H33ClN2O9S/c1-17-10-25(30)24-12-27(32(5)26(24)11-17)29(36)31-18(2)22-6-8-23(9-7-22)42(37,38)16-28(35)41-15-21(13-39-19(3)33)14-40-20(4)34/h6-12,18,21H,13-16H2,1-5H3,(H,31,36)/t18-/m1/s1. The number of carbonyl (C=O) groups is 4. The number of hydrogen-bond acceptors (Lipinski definition) is 9. The molecule has 1 aromatic heterocycles. The number of esters is 3. The molecule has 0 spiro atoms. The van der Waals surface area contributed by atoms with Gasteiger partial charge in [-0.25, -0.2) is 8.42 Å². The van der Waals surface area contributed by atoms with Crippen LogP contribution in [0.25, 0.3) is 10.9 Å². The van der Waals surface area contributed by atoms with Crippen LogP contribution in [0, 0.1) is 12.8 Å². The largest absolute Gasteiger partial charge is 0.465 e. The lowest BCUT2D eigenvalue weighted by atomic mass is 10.1. The van der Waals surface area contributed by atoms with E-state index in [0.29, 0.717) is 16.3 Å². The molecule has 11 nitrogen and oxygen atoms in total. The highest BCUT2D eigenvalue weighted by Crippen LogP contribution is 2.28. The van der Waals surface area contributed by atoms with Crippen molar-refractivity contribution < 1.29 is 41.8 Å². The van der Waals surface area contributed by atoms with Gasteiger partial charge in [0.25, 0.3) is 5.91 Å². The molecular weight excluding hydrogens is 588 g/mol. The molecule has 0 radical (unpaired) electrons. The maximum absolute atomic E-state index is 13.0. The Bertz CT molecular complexity index is 1580. The van der Waals surface area contributed by atoms with E-state index in [4.69, 9.17) is 25.8 Å². The number of carbonyl (C=O) groups excluding carboxylic acids is 4. The first-order chi connectivity index (χ1) is 19.7. The second-order valence-corrected chi connectivity index (χ2v) is 12.3. The zero-order valence-electron chi connectivity index (χ0n) is 23.9. The third-order valence-corrected chi connectivity index (χ3v) is 8.33. The van der Waals surface area contributed by atoms with Crippen molar-refractivity contribution in [3.8, 4) is 0 Å². The lowest BCUT2D eigenvalue weighted by molar-refractivity contribution is -0.150. The molecule has 1 atom stereocenters. The average Bonchev–Trinajstić information content (AvgIpc) is 3.24. The van der Waals surface area contributed by atoms with Crippen LogP contribution in [0.1, 0.15) is 48.4 Å². The Hall–Kier alpha value is -3.90. The van der Waals surface area contributed by atoms with Crippen LogP contribution in [0.3, 0.4) is 0 Å². The number of ether oxygens (including phenoxy) is 3. The fourth-order valence-electron chi connectivity index (χ4n) is 4.16. The van der Waals surface area contributed by atoms with Gasteiger partial charge in [0, 0.05) is 26.3 Å². The minimum Gasteiger partial charge on any atom is -0.465 e. The number of fused-ring (bicyclic) bond motifs is 1. The van der Waals surface area contributed by atoms with Crippen LogP contribution in [0.5, 0.6) is 0 Å². The highest BCUT2D eigenvalue weighted by Gasteiger charge is 2.23. The number of rotatable bonds is 12. The normalized spacial score (nSPS) is 12.2. The lowest BCUT2D eigenvalue weighted by Crippen LogP contribution is -2.28. The first kappa shape index (κ1) is 32.6. The molecule has 0 fully saturated rings. The molecule has 0 aliphatic rings. The van der Waals surface area contributed by atoms with Gasteiger partial charge >= 0.3 is 17.9 Å². The van der Waals surface area contributed by atoms with Gasteiger partial charge in [0.1, 0.15) is 25.5 Å². The summed E-state index contributed by atoms with van der Waals surface area (Å²) < 4.78 is 42.2. The van der Waals surface area contributed by atoms with Gasteiger partial charge in [-0.3, -0.25) is 19.2 Å². The second-order valence-electron chi connectivity index (χ2n) is 9.95. The molecule has 13 heteroatoms. The minimum atomic E-state index is -4.04. The summed E-state index contributed by atoms with van der Waals surface area (Å²) in [7, 11) is -2.26. The van der Waals surface area contributed by atoms with Crippen LogP contribution in [-0.2, 0) is 45.5 Å². The zero-order chi connectivity index (χ0) is 31.2. The summed E-state index contributed by atoms with van der Waals surface area (Å²) in [4.78, 5) is 47.4. The summed E-state index contributed by atoms with van der Waals surface area (Å²) in [5.41, 5.74) is 2.87. The molecule has 1 N–H and O–H groups in total. The second kappa shape index (κ2) is 13.8. The van der Waals surface area contributed by atoms with Crippen LogP contribution in [-0.4, -0.2) is 62.4 Å². The highest BCUT2D eigenvalue weighted by atomic mass is 35.5. The Morgan fingerprint density at radius 2 is 1.50 bits per heavy atom. The average molecular weight is 621 g/mol. The summed E-state index contributed by atoms with van der Waals surface area (Å²) in [5, 5.41) is 4.23. The Morgan fingerprint density at radius 1 is 0.929 bits per heavy atom. The van der Waals surface area contributed by atoms with E-state index < -0.39 is 45.5 Å². The van der Waals surface area contributed by atoms with E-state index in [0.717, 1.165) is 16.5 Å². The molecule has 2 aromatic carbocycles. The molecule has 0 unspecified atom stereocenters. The first-order valence-electron chi connectivity index (χ1n) is 13.0. The molecule has 0 aliphatic carbocycles. The quantitative estimate of drug-likeness (QED) is 0.236. The van der Waals surface area contributed by atoms with Crippen molar-refractivity contribution in [3.63, 3.8) is 0 Å². The number of aryl methyl sites for hydroxylation is 2.